The minimum absolute atomic E-state index is 0.172. The van der Waals surface area contributed by atoms with Gasteiger partial charge in [-0.05, 0) is 17.2 Å². The van der Waals surface area contributed by atoms with E-state index in [9.17, 15) is 4.79 Å². The van der Waals surface area contributed by atoms with Gasteiger partial charge in [-0.1, -0.05) is 24.3 Å². The number of anilines is 1. The molecule has 0 saturated carbocycles. The van der Waals surface area contributed by atoms with Gasteiger partial charge in [-0.3, -0.25) is 4.79 Å². The van der Waals surface area contributed by atoms with Gasteiger partial charge in [-0.15, -0.1) is 0 Å². The molecule has 0 bridgehead atoms. The Kier molecular flexibility index (Phi) is 4.20. The van der Waals surface area contributed by atoms with E-state index in [1.54, 1.807) is 19.4 Å². The molecule has 0 atom stereocenters. The third-order valence-electron chi connectivity index (χ3n) is 2.71. The molecule has 0 aliphatic heterocycles. The molecule has 0 fully saturated rings. The van der Waals surface area contributed by atoms with Crippen LogP contribution in [-0.2, 0) is 17.9 Å². The molecule has 19 heavy (non-hydrogen) atoms. The van der Waals surface area contributed by atoms with E-state index in [4.69, 9.17) is 10.5 Å². The highest BCUT2D eigenvalue weighted by molar-refractivity contribution is 5.93. The summed E-state index contributed by atoms with van der Waals surface area (Å²) in [7, 11) is 1.66. The first kappa shape index (κ1) is 13.2. The van der Waals surface area contributed by atoms with E-state index in [-0.39, 0.29) is 5.91 Å². The van der Waals surface area contributed by atoms with Crippen molar-refractivity contribution in [2.45, 2.75) is 13.2 Å². The second-order valence-electron chi connectivity index (χ2n) is 4.28. The third kappa shape index (κ3) is 3.59. The summed E-state index contributed by atoms with van der Waals surface area (Å²) in [5.74, 6) is -0.172. The van der Waals surface area contributed by atoms with Crippen LogP contribution in [0.25, 0.3) is 0 Å². The largest absolute Gasteiger partial charge is 0.397 e. The SMILES string of the molecule is COCc1cccc(CNC(=O)c2cc(N)c[nH]2)c1. The molecule has 1 aromatic carbocycles. The fourth-order valence-corrected chi connectivity index (χ4v) is 1.82. The van der Waals surface area contributed by atoms with Crippen LogP contribution < -0.4 is 11.1 Å². The zero-order chi connectivity index (χ0) is 13.7. The van der Waals surface area contributed by atoms with Crippen LogP contribution in [0.3, 0.4) is 0 Å². The van der Waals surface area contributed by atoms with Crippen LogP contribution in [0.15, 0.2) is 36.5 Å². The molecule has 5 heteroatoms. The second kappa shape index (κ2) is 6.06. The molecule has 0 radical (unpaired) electrons. The van der Waals surface area contributed by atoms with Crippen molar-refractivity contribution in [3.8, 4) is 0 Å². The Morgan fingerprint density at radius 3 is 2.84 bits per heavy atom. The zero-order valence-electron chi connectivity index (χ0n) is 10.8. The van der Waals surface area contributed by atoms with Gasteiger partial charge in [0.25, 0.3) is 5.91 Å². The fraction of sp³-hybridized carbons (Fsp3) is 0.214. The normalized spacial score (nSPS) is 10.4. The van der Waals surface area contributed by atoms with Gasteiger partial charge in [0, 0.05) is 25.5 Å². The predicted octanol–water partition coefficient (Wildman–Crippen LogP) is 1.67. The van der Waals surface area contributed by atoms with E-state index in [1.807, 2.05) is 24.3 Å². The van der Waals surface area contributed by atoms with Crippen molar-refractivity contribution in [3.05, 3.63) is 53.3 Å². The smallest absolute Gasteiger partial charge is 0.268 e. The van der Waals surface area contributed by atoms with Gasteiger partial charge < -0.3 is 20.8 Å². The number of ether oxygens (including phenoxy) is 1. The van der Waals surface area contributed by atoms with Crippen LogP contribution in [0.2, 0.25) is 0 Å². The molecular weight excluding hydrogens is 242 g/mol. The molecule has 0 aliphatic rings. The van der Waals surface area contributed by atoms with Crippen LogP contribution in [0.1, 0.15) is 21.6 Å². The number of amides is 1. The van der Waals surface area contributed by atoms with Crippen molar-refractivity contribution in [1.29, 1.82) is 0 Å². The fourth-order valence-electron chi connectivity index (χ4n) is 1.82. The molecule has 100 valence electrons. The maximum absolute atomic E-state index is 11.8. The highest BCUT2D eigenvalue weighted by Crippen LogP contribution is 2.08. The summed E-state index contributed by atoms with van der Waals surface area (Å²) in [6.45, 7) is 1.03. The van der Waals surface area contributed by atoms with Gasteiger partial charge in [-0.25, -0.2) is 0 Å². The Morgan fingerprint density at radius 1 is 1.37 bits per heavy atom. The standard InChI is InChI=1S/C14H17N3O2/c1-19-9-11-4-2-3-10(5-11)7-17-14(18)13-6-12(15)8-16-13/h2-6,8,16H,7,9,15H2,1H3,(H,17,18). The molecular formula is C14H17N3O2. The van der Waals surface area contributed by atoms with Gasteiger partial charge in [0.15, 0.2) is 0 Å². The number of carbonyl (C=O) groups excluding carboxylic acids is 1. The quantitative estimate of drug-likeness (QED) is 0.764. The first-order valence-corrected chi connectivity index (χ1v) is 5.98. The van der Waals surface area contributed by atoms with Crippen LogP contribution in [0, 0.1) is 0 Å². The Labute approximate surface area is 111 Å². The average molecular weight is 259 g/mol. The lowest BCUT2D eigenvalue weighted by atomic mass is 10.1. The monoisotopic (exact) mass is 259 g/mol. The lowest BCUT2D eigenvalue weighted by Gasteiger charge is -2.06. The number of H-pyrrole nitrogens is 1. The van der Waals surface area contributed by atoms with Gasteiger partial charge >= 0.3 is 0 Å². The highest BCUT2D eigenvalue weighted by Gasteiger charge is 2.07. The number of nitrogens with two attached hydrogens (primary N) is 1. The molecule has 0 unspecified atom stereocenters. The lowest BCUT2D eigenvalue weighted by Crippen LogP contribution is -2.23. The van der Waals surface area contributed by atoms with E-state index in [1.165, 1.54) is 0 Å². The summed E-state index contributed by atoms with van der Waals surface area (Å²) in [6.07, 6.45) is 1.59. The Morgan fingerprint density at radius 2 is 2.16 bits per heavy atom. The molecule has 4 N–H and O–H groups in total. The number of rotatable bonds is 5. The summed E-state index contributed by atoms with van der Waals surface area (Å²) in [5, 5.41) is 2.83. The molecule has 1 heterocycles. The lowest BCUT2D eigenvalue weighted by molar-refractivity contribution is 0.0946. The van der Waals surface area contributed by atoms with Crippen molar-refractivity contribution in [1.82, 2.24) is 10.3 Å². The third-order valence-corrected chi connectivity index (χ3v) is 2.71. The molecule has 1 amide bonds. The van der Waals surface area contributed by atoms with Crippen LogP contribution >= 0.6 is 0 Å². The average Bonchev–Trinajstić information content (AvgIpc) is 2.84. The summed E-state index contributed by atoms with van der Waals surface area (Å²) in [6, 6.07) is 9.51. The molecule has 0 aliphatic carbocycles. The van der Waals surface area contributed by atoms with E-state index in [0.717, 1.165) is 11.1 Å². The number of aromatic nitrogens is 1. The Balaban J connectivity index is 1.95. The topological polar surface area (TPSA) is 80.1 Å². The molecule has 0 saturated heterocycles. The van der Waals surface area contributed by atoms with Gasteiger partial charge in [0.2, 0.25) is 0 Å². The molecule has 1 aromatic heterocycles. The highest BCUT2D eigenvalue weighted by atomic mass is 16.5. The van der Waals surface area contributed by atoms with Crippen molar-refractivity contribution >= 4 is 11.6 Å². The Hall–Kier alpha value is -2.27. The second-order valence-corrected chi connectivity index (χ2v) is 4.28. The van der Waals surface area contributed by atoms with Crippen molar-refractivity contribution in [2.24, 2.45) is 0 Å². The van der Waals surface area contributed by atoms with Crippen LogP contribution in [-0.4, -0.2) is 18.0 Å². The van der Waals surface area contributed by atoms with E-state index in [2.05, 4.69) is 10.3 Å². The molecule has 5 nitrogen and oxygen atoms in total. The van der Waals surface area contributed by atoms with Crippen molar-refractivity contribution < 1.29 is 9.53 Å². The minimum atomic E-state index is -0.172. The number of nitrogen functional groups attached to an aromatic ring is 1. The van der Waals surface area contributed by atoms with Crippen molar-refractivity contribution in [2.75, 3.05) is 12.8 Å². The maximum atomic E-state index is 11.8. The summed E-state index contributed by atoms with van der Waals surface area (Å²) in [5.41, 5.74) is 8.68. The van der Waals surface area contributed by atoms with Crippen molar-refractivity contribution in [3.63, 3.8) is 0 Å². The maximum Gasteiger partial charge on any atom is 0.268 e. The van der Waals surface area contributed by atoms with Crippen LogP contribution in [0.5, 0.6) is 0 Å². The Bertz CT molecular complexity index is 563. The summed E-state index contributed by atoms with van der Waals surface area (Å²) >= 11 is 0. The van der Waals surface area contributed by atoms with E-state index < -0.39 is 0 Å². The van der Waals surface area contributed by atoms with E-state index >= 15 is 0 Å². The molecule has 2 rings (SSSR count). The number of hydrogen-bond donors (Lipinski definition) is 3. The number of methoxy groups -OCH3 is 1. The first-order valence-electron chi connectivity index (χ1n) is 5.98. The minimum Gasteiger partial charge on any atom is -0.397 e. The zero-order valence-corrected chi connectivity index (χ0v) is 10.8. The first-order chi connectivity index (χ1) is 9.19. The van der Waals surface area contributed by atoms with Gasteiger partial charge in [0.1, 0.15) is 5.69 Å². The number of aromatic amines is 1. The summed E-state index contributed by atoms with van der Waals surface area (Å²) < 4.78 is 5.07. The van der Waals surface area contributed by atoms with E-state index in [0.29, 0.717) is 24.5 Å². The van der Waals surface area contributed by atoms with Crippen LogP contribution in [0.4, 0.5) is 5.69 Å². The summed E-state index contributed by atoms with van der Waals surface area (Å²) in [4.78, 5) is 14.6. The predicted molar refractivity (Wildman–Crippen MR) is 73.5 cm³/mol. The number of benzene rings is 1. The van der Waals surface area contributed by atoms with Gasteiger partial charge in [0.05, 0.1) is 6.61 Å². The number of hydrogen-bond acceptors (Lipinski definition) is 3. The molecule has 0 spiro atoms. The van der Waals surface area contributed by atoms with Gasteiger partial charge in [-0.2, -0.15) is 0 Å². The molecule has 2 aromatic rings. The number of carbonyl (C=O) groups is 1. The number of nitrogens with one attached hydrogen (secondary N) is 2.